The fourth-order valence-corrected chi connectivity index (χ4v) is 4.61. The van der Waals surface area contributed by atoms with Gasteiger partial charge in [0.1, 0.15) is 17.5 Å². The topological polar surface area (TPSA) is 79.1 Å². The Morgan fingerprint density at radius 2 is 2.06 bits per heavy atom. The van der Waals surface area contributed by atoms with E-state index >= 15 is 0 Å². The number of methoxy groups -OCH3 is 1. The van der Waals surface area contributed by atoms with E-state index in [9.17, 15) is 9.59 Å². The number of ether oxygens (including phenoxy) is 1. The Morgan fingerprint density at radius 3 is 2.61 bits per heavy atom. The van der Waals surface area contributed by atoms with Gasteiger partial charge in [-0.3, -0.25) is 14.5 Å². The van der Waals surface area contributed by atoms with Gasteiger partial charge in [-0.1, -0.05) is 6.57 Å². The minimum Gasteiger partial charge on any atom is -0.496 e. The number of aryl methyl sites for hydroxylation is 1. The van der Waals surface area contributed by atoms with Crippen LogP contribution in [0.2, 0.25) is 0 Å². The van der Waals surface area contributed by atoms with Gasteiger partial charge < -0.3 is 19.8 Å². The second-order valence-electron chi connectivity index (χ2n) is 7.55. The van der Waals surface area contributed by atoms with Crippen molar-refractivity contribution < 1.29 is 14.3 Å². The van der Waals surface area contributed by atoms with Crippen LogP contribution < -0.4 is 19.9 Å². The number of nitrogens with one attached hydrogen (secondary N) is 1. The number of aromatic nitrogens is 1. The zero-order valence-corrected chi connectivity index (χ0v) is 18.2. The summed E-state index contributed by atoms with van der Waals surface area (Å²) in [5.74, 6) is 0.338. The Morgan fingerprint density at radius 1 is 1.32 bits per heavy atom. The summed E-state index contributed by atoms with van der Waals surface area (Å²) in [5.41, 5.74) is 1.55. The third kappa shape index (κ3) is 3.02. The summed E-state index contributed by atoms with van der Waals surface area (Å²) in [6.07, 6.45) is 3.78. The van der Waals surface area contributed by atoms with Crippen molar-refractivity contribution in [2.45, 2.75) is 31.7 Å². The highest BCUT2D eigenvalue weighted by molar-refractivity contribution is 7.81. The molecular weight excluding hydrogens is 414 g/mol. The van der Waals surface area contributed by atoms with Crippen LogP contribution in [0.3, 0.4) is 0 Å². The second-order valence-corrected chi connectivity index (χ2v) is 7.92. The molecule has 0 bridgehead atoms. The van der Waals surface area contributed by atoms with Gasteiger partial charge in [-0.25, -0.2) is 0 Å². The molecule has 2 aliphatic rings. The largest absolute Gasteiger partial charge is 0.496 e. The van der Waals surface area contributed by atoms with Crippen molar-refractivity contribution in [3.05, 3.63) is 53.0 Å². The molecule has 31 heavy (non-hydrogen) atoms. The highest BCUT2D eigenvalue weighted by atomic mass is 32.1. The van der Waals surface area contributed by atoms with Gasteiger partial charge in [0.25, 0.3) is 17.6 Å². The van der Waals surface area contributed by atoms with Gasteiger partial charge in [-0.05, 0) is 62.2 Å². The molecule has 1 aromatic heterocycles. The van der Waals surface area contributed by atoms with Crippen molar-refractivity contribution in [2.75, 3.05) is 24.0 Å². The molecule has 0 unspecified atom stereocenters. The molecule has 0 atom stereocenters. The van der Waals surface area contributed by atoms with Gasteiger partial charge in [-0.2, -0.15) is 0 Å². The molecule has 1 N–H and O–H groups in total. The molecule has 2 fully saturated rings. The normalized spacial score (nSPS) is 16.8. The van der Waals surface area contributed by atoms with E-state index in [1.54, 1.807) is 38.2 Å². The molecule has 9 heteroatoms. The summed E-state index contributed by atoms with van der Waals surface area (Å²) in [7, 11) is 3.05. The molecule has 1 spiro atoms. The maximum Gasteiger partial charge on any atom is 0.272 e. The van der Waals surface area contributed by atoms with Crippen LogP contribution in [0.5, 0.6) is 5.75 Å². The quantitative estimate of drug-likeness (QED) is 0.586. The Labute approximate surface area is 185 Å². The Hall–Kier alpha value is -3.51. The number of hydrogen-bond acceptors (Lipinski definition) is 5. The number of pyridine rings is 1. The summed E-state index contributed by atoms with van der Waals surface area (Å²) >= 11 is 5.77. The molecule has 2 heterocycles. The van der Waals surface area contributed by atoms with Gasteiger partial charge in [0.05, 0.1) is 18.4 Å². The van der Waals surface area contributed by atoms with Crippen molar-refractivity contribution in [3.8, 4) is 5.75 Å². The molecule has 1 aromatic carbocycles. The summed E-state index contributed by atoms with van der Waals surface area (Å²) in [6.45, 7) is 8.98. The lowest BCUT2D eigenvalue weighted by Gasteiger charge is -2.43. The first-order valence-electron chi connectivity index (χ1n) is 9.81. The van der Waals surface area contributed by atoms with Crippen LogP contribution in [0.15, 0.2) is 30.5 Å². The fraction of sp³-hybridized carbons (Fsp3) is 0.318. The molecule has 8 nitrogen and oxygen atoms in total. The standard InChI is InChI=1S/C22H21N5O3S/c1-13-10-15(12-25-18(13)23-2)26-20(29)22(8-5-9-22)27(21(26)31)14-6-7-16(19(28)24-3)17(11-14)30-4/h6-7,10-12H,5,8-9H2,1,3-4H3,(H,24,28). The van der Waals surface area contributed by atoms with Crippen molar-refractivity contribution in [1.29, 1.82) is 0 Å². The number of benzene rings is 1. The van der Waals surface area contributed by atoms with Gasteiger partial charge >= 0.3 is 0 Å². The number of nitrogens with zero attached hydrogens (tertiary/aromatic N) is 4. The molecule has 2 aromatic rings. The number of carbonyl (C=O) groups excluding carboxylic acids is 2. The third-order valence-corrected chi connectivity index (χ3v) is 6.27. The Kier molecular flexibility index (Phi) is 5.11. The monoisotopic (exact) mass is 435 g/mol. The van der Waals surface area contributed by atoms with Gasteiger partial charge in [0, 0.05) is 18.8 Å². The number of hydrogen-bond donors (Lipinski definition) is 1. The van der Waals surface area contributed by atoms with Crippen LogP contribution in [-0.2, 0) is 4.79 Å². The van der Waals surface area contributed by atoms with E-state index in [0.717, 1.165) is 6.42 Å². The molecular formula is C22H21N5O3S. The van der Waals surface area contributed by atoms with E-state index < -0.39 is 5.54 Å². The van der Waals surface area contributed by atoms with E-state index in [-0.39, 0.29) is 11.8 Å². The summed E-state index contributed by atoms with van der Waals surface area (Å²) < 4.78 is 5.44. The fourth-order valence-electron chi connectivity index (χ4n) is 4.14. The van der Waals surface area contributed by atoms with E-state index in [2.05, 4.69) is 15.1 Å². The molecule has 0 radical (unpaired) electrons. The highest BCUT2D eigenvalue weighted by Gasteiger charge is 2.59. The molecule has 1 aliphatic carbocycles. The van der Waals surface area contributed by atoms with Crippen LogP contribution in [0.1, 0.15) is 35.2 Å². The summed E-state index contributed by atoms with van der Waals surface area (Å²) in [6, 6.07) is 6.95. The summed E-state index contributed by atoms with van der Waals surface area (Å²) in [4.78, 5) is 36.6. The average molecular weight is 436 g/mol. The van der Waals surface area contributed by atoms with Gasteiger partial charge in [-0.15, -0.1) is 4.98 Å². The molecule has 1 saturated heterocycles. The van der Waals surface area contributed by atoms with Crippen molar-refractivity contribution in [2.24, 2.45) is 0 Å². The van der Waals surface area contributed by atoms with Crippen molar-refractivity contribution >= 4 is 46.3 Å². The van der Waals surface area contributed by atoms with Gasteiger partial charge in [0.2, 0.25) is 0 Å². The van der Waals surface area contributed by atoms with Crippen LogP contribution in [0.4, 0.5) is 17.2 Å². The zero-order valence-electron chi connectivity index (χ0n) is 17.4. The Balaban J connectivity index is 1.79. The first-order chi connectivity index (χ1) is 14.9. The van der Waals surface area contributed by atoms with Crippen LogP contribution in [0.25, 0.3) is 4.85 Å². The second kappa shape index (κ2) is 7.63. The highest BCUT2D eigenvalue weighted by Crippen LogP contribution is 2.48. The minimum absolute atomic E-state index is 0.102. The smallest absolute Gasteiger partial charge is 0.272 e. The molecule has 4 rings (SSSR count). The van der Waals surface area contributed by atoms with Crippen LogP contribution in [0, 0.1) is 13.5 Å². The average Bonchev–Trinajstić information content (AvgIpc) is 2.99. The SMILES string of the molecule is [C-]#[N+]c1ncc(N2C(=O)C3(CCC3)N(c3ccc(C(=O)NC)c(OC)c3)C2=S)cc1C. The molecule has 1 aliphatic heterocycles. The van der Waals surface area contributed by atoms with E-state index in [1.807, 2.05) is 4.90 Å². The van der Waals surface area contributed by atoms with Crippen LogP contribution >= 0.6 is 12.2 Å². The van der Waals surface area contributed by atoms with E-state index in [1.165, 1.54) is 18.2 Å². The van der Waals surface area contributed by atoms with E-state index in [4.69, 9.17) is 23.5 Å². The van der Waals surface area contributed by atoms with Gasteiger partial charge in [0.15, 0.2) is 5.11 Å². The first kappa shape index (κ1) is 20.8. The lowest BCUT2D eigenvalue weighted by atomic mass is 9.75. The lowest BCUT2D eigenvalue weighted by molar-refractivity contribution is -0.123. The van der Waals surface area contributed by atoms with Crippen molar-refractivity contribution in [3.63, 3.8) is 0 Å². The number of rotatable bonds is 4. The van der Waals surface area contributed by atoms with E-state index in [0.29, 0.717) is 52.0 Å². The maximum atomic E-state index is 13.6. The first-order valence-corrected chi connectivity index (χ1v) is 10.2. The molecule has 2 amide bonds. The molecule has 158 valence electrons. The Bertz CT molecular complexity index is 1150. The zero-order chi connectivity index (χ0) is 22.3. The minimum atomic E-state index is -0.761. The number of amides is 2. The predicted octanol–water partition coefficient (Wildman–Crippen LogP) is 3.37. The third-order valence-electron chi connectivity index (χ3n) is 5.91. The number of carbonyl (C=O) groups is 2. The predicted molar refractivity (Wildman–Crippen MR) is 121 cm³/mol. The maximum absolute atomic E-state index is 13.6. The number of anilines is 2. The number of thiocarbonyl (C=S) groups is 1. The summed E-state index contributed by atoms with van der Waals surface area (Å²) in [5, 5.41) is 2.94. The van der Waals surface area contributed by atoms with Crippen LogP contribution in [-0.4, -0.2) is 41.6 Å². The molecule has 1 saturated carbocycles. The van der Waals surface area contributed by atoms with Crippen molar-refractivity contribution in [1.82, 2.24) is 10.3 Å². The lowest BCUT2D eigenvalue weighted by Crippen LogP contribution is -2.55.